The van der Waals surface area contributed by atoms with Crippen LogP contribution in [-0.2, 0) is 4.79 Å². The van der Waals surface area contributed by atoms with Gasteiger partial charge in [-0.15, -0.1) is 11.8 Å². The Bertz CT molecular complexity index is 1170. The van der Waals surface area contributed by atoms with Gasteiger partial charge < -0.3 is 19.8 Å². The fraction of sp³-hybridized carbons (Fsp3) is 0.467. The van der Waals surface area contributed by atoms with Gasteiger partial charge >= 0.3 is 5.97 Å². The summed E-state index contributed by atoms with van der Waals surface area (Å²) in [4.78, 5) is 19.8. The van der Waals surface area contributed by atoms with Crippen molar-refractivity contribution in [2.75, 3.05) is 32.5 Å². The SMILES string of the molecule is COc1ccc2nccc(C(O)CC[C@@H]3CCN(CCCSc4ccc(C)cc4)C[C@@H]3CC(=O)O)c2c1. The maximum absolute atomic E-state index is 11.6. The minimum atomic E-state index is -0.737. The molecule has 7 heteroatoms. The first-order valence-electron chi connectivity index (χ1n) is 13.2. The molecular weight excluding hydrogens is 484 g/mol. The van der Waals surface area contributed by atoms with E-state index in [0.29, 0.717) is 12.3 Å². The molecule has 1 saturated heterocycles. The zero-order valence-electron chi connectivity index (χ0n) is 21.8. The van der Waals surface area contributed by atoms with E-state index >= 15 is 0 Å². The molecule has 0 bridgehead atoms. The number of hydrogen-bond donors (Lipinski definition) is 2. The summed E-state index contributed by atoms with van der Waals surface area (Å²) >= 11 is 1.88. The third kappa shape index (κ3) is 7.69. The quantitative estimate of drug-likeness (QED) is 0.224. The number of methoxy groups -OCH3 is 1. The maximum atomic E-state index is 11.6. The number of likely N-dealkylation sites (tertiary alicyclic amines) is 1. The highest BCUT2D eigenvalue weighted by Gasteiger charge is 2.31. The third-order valence-corrected chi connectivity index (χ3v) is 8.57. The van der Waals surface area contributed by atoms with E-state index in [2.05, 4.69) is 41.1 Å². The molecule has 3 atom stereocenters. The van der Waals surface area contributed by atoms with Gasteiger partial charge in [0.2, 0.25) is 0 Å². The minimum Gasteiger partial charge on any atom is -0.497 e. The normalized spacial score (nSPS) is 19.1. The molecule has 37 heavy (non-hydrogen) atoms. The summed E-state index contributed by atoms with van der Waals surface area (Å²) in [5, 5.41) is 21.5. The Morgan fingerprint density at radius 3 is 2.76 bits per heavy atom. The monoisotopic (exact) mass is 522 g/mol. The highest BCUT2D eigenvalue weighted by atomic mass is 32.2. The molecule has 2 aromatic carbocycles. The molecule has 0 radical (unpaired) electrons. The number of fused-ring (bicyclic) bond motifs is 1. The van der Waals surface area contributed by atoms with Crippen LogP contribution in [0, 0.1) is 18.8 Å². The van der Waals surface area contributed by atoms with E-state index in [4.69, 9.17) is 4.74 Å². The van der Waals surface area contributed by atoms with Crippen molar-refractivity contribution in [3.63, 3.8) is 0 Å². The first-order valence-corrected chi connectivity index (χ1v) is 14.2. The summed E-state index contributed by atoms with van der Waals surface area (Å²) in [6.45, 7) is 4.90. The molecule has 0 spiro atoms. The van der Waals surface area contributed by atoms with Crippen LogP contribution in [0.3, 0.4) is 0 Å². The van der Waals surface area contributed by atoms with Crippen molar-refractivity contribution in [3.8, 4) is 5.75 Å². The second-order valence-corrected chi connectivity index (χ2v) is 11.3. The second kappa shape index (κ2) is 13.3. The molecular formula is C30H38N2O4S. The van der Waals surface area contributed by atoms with Crippen LogP contribution in [0.15, 0.2) is 59.6 Å². The van der Waals surface area contributed by atoms with Gasteiger partial charge in [-0.3, -0.25) is 9.78 Å². The van der Waals surface area contributed by atoms with Gasteiger partial charge in [0.05, 0.1) is 18.7 Å². The summed E-state index contributed by atoms with van der Waals surface area (Å²) in [7, 11) is 1.63. The van der Waals surface area contributed by atoms with Gasteiger partial charge in [-0.25, -0.2) is 0 Å². The molecule has 0 aliphatic carbocycles. The van der Waals surface area contributed by atoms with Gasteiger partial charge in [0.1, 0.15) is 5.75 Å². The number of piperidine rings is 1. The average Bonchev–Trinajstić information content (AvgIpc) is 2.90. The van der Waals surface area contributed by atoms with Crippen LogP contribution in [-0.4, -0.2) is 58.6 Å². The highest BCUT2D eigenvalue weighted by molar-refractivity contribution is 7.99. The first kappa shape index (κ1) is 27.4. The molecule has 3 aromatic rings. The van der Waals surface area contributed by atoms with Crippen molar-refractivity contribution in [2.24, 2.45) is 11.8 Å². The van der Waals surface area contributed by atoms with Crippen molar-refractivity contribution in [1.82, 2.24) is 9.88 Å². The van der Waals surface area contributed by atoms with E-state index in [1.165, 1.54) is 10.5 Å². The predicted molar refractivity (Wildman–Crippen MR) is 149 cm³/mol. The summed E-state index contributed by atoms with van der Waals surface area (Å²) in [6, 6.07) is 16.2. The molecule has 2 N–H and O–H groups in total. The van der Waals surface area contributed by atoms with E-state index in [-0.39, 0.29) is 12.3 Å². The van der Waals surface area contributed by atoms with Gasteiger partial charge in [0.25, 0.3) is 0 Å². The predicted octanol–water partition coefficient (Wildman–Crippen LogP) is 5.96. The number of aromatic nitrogens is 1. The maximum Gasteiger partial charge on any atom is 0.303 e. The van der Waals surface area contributed by atoms with Crippen molar-refractivity contribution in [2.45, 2.75) is 50.0 Å². The van der Waals surface area contributed by atoms with Crippen LogP contribution in [0.1, 0.15) is 49.3 Å². The largest absolute Gasteiger partial charge is 0.497 e. The molecule has 1 fully saturated rings. The van der Waals surface area contributed by atoms with Gasteiger partial charge in [-0.2, -0.15) is 0 Å². The number of aryl methyl sites for hydroxylation is 1. The van der Waals surface area contributed by atoms with Crippen molar-refractivity contribution in [1.29, 1.82) is 0 Å². The van der Waals surface area contributed by atoms with E-state index in [0.717, 1.165) is 66.9 Å². The first-order chi connectivity index (χ1) is 17.9. The smallest absolute Gasteiger partial charge is 0.303 e. The number of aliphatic carboxylic acids is 1. The number of benzene rings is 2. The van der Waals surface area contributed by atoms with Crippen molar-refractivity contribution in [3.05, 3.63) is 65.9 Å². The average molecular weight is 523 g/mol. The number of carbonyl (C=O) groups is 1. The number of carboxylic acid groups (broad SMARTS) is 1. The molecule has 198 valence electrons. The third-order valence-electron chi connectivity index (χ3n) is 7.47. The Kier molecular flexibility index (Phi) is 9.83. The lowest BCUT2D eigenvalue weighted by Crippen LogP contribution is -2.42. The molecule has 1 aromatic heterocycles. The van der Waals surface area contributed by atoms with E-state index in [1.807, 2.05) is 36.0 Å². The van der Waals surface area contributed by atoms with E-state index in [9.17, 15) is 15.0 Å². The highest BCUT2D eigenvalue weighted by Crippen LogP contribution is 2.35. The molecule has 1 aliphatic rings. The zero-order chi connectivity index (χ0) is 26.2. The number of thioether (sulfide) groups is 1. The summed E-state index contributed by atoms with van der Waals surface area (Å²) < 4.78 is 5.36. The van der Waals surface area contributed by atoms with Gasteiger partial charge in [0, 0.05) is 29.4 Å². The number of ether oxygens (including phenoxy) is 1. The number of rotatable bonds is 12. The van der Waals surface area contributed by atoms with Crippen LogP contribution < -0.4 is 4.74 Å². The standard InChI is InChI=1S/C30H38N2O4S/c1-21-4-8-25(9-5-21)37-17-3-15-32-16-13-22(23(20-32)18-30(34)35)6-11-29(33)26-12-14-31-28-10-7-24(36-2)19-27(26)28/h4-5,7-10,12,14,19,22-23,29,33H,3,6,11,13,15-18,20H2,1-2H3,(H,34,35)/t22-,23+,29?/m1/s1. The number of carboxylic acids is 1. The molecule has 6 nitrogen and oxygen atoms in total. The Morgan fingerprint density at radius 2 is 2.00 bits per heavy atom. The van der Waals surface area contributed by atoms with Crippen molar-refractivity contribution < 1.29 is 19.7 Å². The fourth-order valence-electron chi connectivity index (χ4n) is 5.40. The number of aliphatic hydroxyl groups excluding tert-OH is 1. The van der Waals surface area contributed by atoms with Crippen LogP contribution in [0.4, 0.5) is 0 Å². The molecule has 2 heterocycles. The van der Waals surface area contributed by atoms with Gasteiger partial charge in [-0.05, 0) is 105 Å². The minimum absolute atomic E-state index is 0.109. The molecule has 0 amide bonds. The Hall–Kier alpha value is -2.61. The summed E-state index contributed by atoms with van der Waals surface area (Å²) in [6.07, 6.45) is 4.76. The van der Waals surface area contributed by atoms with Crippen LogP contribution >= 0.6 is 11.8 Å². The lowest BCUT2D eigenvalue weighted by atomic mass is 9.79. The summed E-state index contributed by atoms with van der Waals surface area (Å²) in [5.74, 6) is 1.47. The van der Waals surface area contributed by atoms with Crippen LogP contribution in [0.2, 0.25) is 0 Å². The zero-order valence-corrected chi connectivity index (χ0v) is 22.6. The fourth-order valence-corrected chi connectivity index (χ4v) is 6.24. The van der Waals surface area contributed by atoms with E-state index in [1.54, 1.807) is 13.3 Å². The van der Waals surface area contributed by atoms with Gasteiger partial charge in [-0.1, -0.05) is 17.7 Å². The molecule has 1 unspecified atom stereocenters. The second-order valence-electron chi connectivity index (χ2n) is 10.1. The van der Waals surface area contributed by atoms with Crippen LogP contribution in [0.25, 0.3) is 10.9 Å². The number of nitrogens with zero attached hydrogens (tertiary/aromatic N) is 2. The topological polar surface area (TPSA) is 82.9 Å². The number of hydrogen-bond acceptors (Lipinski definition) is 6. The van der Waals surface area contributed by atoms with E-state index < -0.39 is 12.1 Å². The number of pyridine rings is 1. The number of aliphatic hydroxyl groups is 1. The van der Waals surface area contributed by atoms with Gasteiger partial charge in [0.15, 0.2) is 0 Å². The Labute approximate surface area is 224 Å². The lowest BCUT2D eigenvalue weighted by molar-refractivity contribution is -0.139. The Morgan fingerprint density at radius 1 is 1.19 bits per heavy atom. The molecule has 0 saturated carbocycles. The Balaban J connectivity index is 1.30. The lowest BCUT2D eigenvalue weighted by Gasteiger charge is -2.38. The summed E-state index contributed by atoms with van der Waals surface area (Å²) in [5.41, 5.74) is 2.95. The molecule has 1 aliphatic heterocycles. The van der Waals surface area contributed by atoms with Crippen molar-refractivity contribution >= 4 is 28.6 Å². The molecule has 4 rings (SSSR count). The van der Waals surface area contributed by atoms with Crippen LogP contribution in [0.5, 0.6) is 5.75 Å².